The molecule has 1 aliphatic heterocycles. The molecule has 1 aromatic rings. The quantitative estimate of drug-likeness (QED) is 0.898. The maximum Gasteiger partial charge on any atom is 0.327 e. The largest absolute Gasteiger partial charge is 0.480 e. The van der Waals surface area contributed by atoms with Crippen LogP contribution in [-0.2, 0) is 4.79 Å². The van der Waals surface area contributed by atoms with Crippen molar-refractivity contribution in [3.63, 3.8) is 0 Å². The Hall–Kier alpha value is -1.08. The third kappa shape index (κ3) is 2.98. The Labute approximate surface area is 129 Å². The molecule has 1 amide bonds. The van der Waals surface area contributed by atoms with Crippen LogP contribution in [0.4, 0.5) is 0 Å². The molecule has 7 heteroatoms. The highest BCUT2D eigenvalue weighted by Gasteiger charge is 2.43. The fourth-order valence-electron chi connectivity index (χ4n) is 2.17. The van der Waals surface area contributed by atoms with Crippen LogP contribution in [0.1, 0.15) is 24.2 Å². The fraction of sp³-hybridized carbons (Fsp3) is 0.462. The lowest BCUT2D eigenvalue weighted by molar-refractivity contribution is -0.141. The van der Waals surface area contributed by atoms with Crippen molar-refractivity contribution in [3.05, 3.63) is 28.5 Å². The van der Waals surface area contributed by atoms with Crippen molar-refractivity contribution >= 4 is 39.6 Å². The molecule has 2 heterocycles. The second kappa shape index (κ2) is 6.13. The van der Waals surface area contributed by atoms with Gasteiger partial charge in [-0.2, -0.15) is 0 Å². The number of thioether (sulfide) groups is 1. The summed E-state index contributed by atoms with van der Waals surface area (Å²) in [5.74, 6) is -0.633. The predicted molar refractivity (Wildman–Crippen MR) is 80.6 cm³/mol. The number of carbonyl (C=O) groups excluding carboxylic acids is 1. The van der Waals surface area contributed by atoms with Gasteiger partial charge < -0.3 is 10.0 Å². The smallest absolute Gasteiger partial charge is 0.327 e. The van der Waals surface area contributed by atoms with Crippen molar-refractivity contribution in [1.82, 2.24) is 9.88 Å². The van der Waals surface area contributed by atoms with E-state index in [1.807, 2.05) is 13.8 Å². The zero-order valence-corrected chi connectivity index (χ0v) is 13.5. The number of aliphatic carboxylic acids is 1. The normalized spacial score (nSPS) is 22.3. The average Bonchev–Trinajstić information content (AvgIpc) is 2.82. The number of carbonyl (C=O) groups is 2. The van der Waals surface area contributed by atoms with E-state index < -0.39 is 12.0 Å². The molecule has 1 saturated heterocycles. The molecular weight excluding hydrogens is 344 g/mol. The maximum absolute atomic E-state index is 12.6. The average molecular weight is 359 g/mol. The third-order valence-electron chi connectivity index (χ3n) is 3.08. The molecule has 2 atom stereocenters. The number of aromatic nitrogens is 1. The number of halogens is 1. The zero-order valence-electron chi connectivity index (χ0n) is 11.1. The summed E-state index contributed by atoms with van der Waals surface area (Å²) < 4.78 is 0.697. The molecule has 5 nitrogen and oxygen atoms in total. The van der Waals surface area contributed by atoms with Crippen LogP contribution >= 0.6 is 27.7 Å². The summed E-state index contributed by atoms with van der Waals surface area (Å²) in [6.45, 7) is 3.97. The van der Waals surface area contributed by atoms with Crippen molar-refractivity contribution in [1.29, 1.82) is 0 Å². The van der Waals surface area contributed by atoms with Gasteiger partial charge in [-0.1, -0.05) is 13.8 Å². The highest BCUT2D eigenvalue weighted by Crippen LogP contribution is 2.35. The molecule has 108 valence electrons. The Bertz CT molecular complexity index is 538. The molecule has 0 saturated carbocycles. The van der Waals surface area contributed by atoms with E-state index in [-0.39, 0.29) is 17.2 Å². The van der Waals surface area contributed by atoms with Crippen LogP contribution in [0.3, 0.4) is 0 Å². The minimum atomic E-state index is -0.961. The summed E-state index contributed by atoms with van der Waals surface area (Å²) >= 11 is 4.79. The highest BCUT2D eigenvalue weighted by molar-refractivity contribution is 9.10. The second-order valence-corrected chi connectivity index (χ2v) is 6.99. The van der Waals surface area contributed by atoms with E-state index in [1.54, 1.807) is 12.3 Å². The third-order valence-corrected chi connectivity index (χ3v) is 5.13. The standard InChI is InChI=1S/C13H15BrN2O3S/c1-7(2)12-16(10(6-20-12)13(18)19)11(17)8-3-9(14)5-15-4-8/h3-5,7,10,12H,6H2,1-2H3,(H,18,19). The highest BCUT2D eigenvalue weighted by atomic mass is 79.9. The molecule has 2 unspecified atom stereocenters. The van der Waals surface area contributed by atoms with E-state index in [9.17, 15) is 14.7 Å². The Morgan fingerprint density at radius 3 is 2.75 bits per heavy atom. The SMILES string of the molecule is CC(C)C1SCC(C(=O)O)N1C(=O)c1cncc(Br)c1. The molecule has 0 spiro atoms. The van der Waals surface area contributed by atoms with Crippen LogP contribution in [0.2, 0.25) is 0 Å². The lowest BCUT2D eigenvalue weighted by Crippen LogP contribution is -2.47. The number of rotatable bonds is 3. The molecule has 20 heavy (non-hydrogen) atoms. The summed E-state index contributed by atoms with van der Waals surface area (Å²) in [5, 5.41) is 9.18. The number of carboxylic acid groups (broad SMARTS) is 1. The van der Waals surface area contributed by atoms with Gasteiger partial charge in [-0.25, -0.2) is 4.79 Å². The van der Waals surface area contributed by atoms with Crippen LogP contribution in [0, 0.1) is 5.92 Å². The van der Waals surface area contributed by atoms with E-state index in [1.165, 1.54) is 22.9 Å². The summed E-state index contributed by atoms with van der Waals surface area (Å²) in [5.41, 5.74) is 0.402. The molecule has 0 radical (unpaired) electrons. The molecule has 2 rings (SSSR count). The number of hydrogen-bond acceptors (Lipinski definition) is 4. The second-order valence-electron chi connectivity index (χ2n) is 4.93. The van der Waals surface area contributed by atoms with Crippen LogP contribution in [0.25, 0.3) is 0 Å². The van der Waals surface area contributed by atoms with Gasteiger partial charge in [0.05, 0.1) is 10.9 Å². The molecule has 0 aliphatic carbocycles. The van der Waals surface area contributed by atoms with Crippen molar-refractivity contribution in [2.75, 3.05) is 5.75 Å². The molecular formula is C13H15BrN2O3S. The van der Waals surface area contributed by atoms with Gasteiger partial charge >= 0.3 is 5.97 Å². The first-order chi connectivity index (χ1) is 9.41. The van der Waals surface area contributed by atoms with E-state index in [0.717, 1.165) is 0 Å². The lowest BCUT2D eigenvalue weighted by atomic mass is 10.1. The van der Waals surface area contributed by atoms with E-state index in [2.05, 4.69) is 20.9 Å². The van der Waals surface area contributed by atoms with Crippen LogP contribution in [-0.4, -0.2) is 44.0 Å². The van der Waals surface area contributed by atoms with Crippen LogP contribution in [0.5, 0.6) is 0 Å². The van der Waals surface area contributed by atoms with Crippen molar-refractivity contribution in [2.24, 2.45) is 5.92 Å². The first-order valence-electron chi connectivity index (χ1n) is 6.19. The molecule has 1 aromatic heterocycles. The maximum atomic E-state index is 12.6. The summed E-state index contributed by atoms with van der Waals surface area (Å²) in [7, 11) is 0. The van der Waals surface area contributed by atoms with Gasteiger partial charge in [0.25, 0.3) is 5.91 Å². The number of hydrogen-bond donors (Lipinski definition) is 1. The number of nitrogens with zero attached hydrogens (tertiary/aromatic N) is 2. The molecule has 0 bridgehead atoms. The first kappa shape index (κ1) is 15.3. The minimum absolute atomic E-state index is 0.123. The van der Waals surface area contributed by atoms with Gasteiger partial charge in [-0.15, -0.1) is 11.8 Å². The number of amides is 1. The van der Waals surface area contributed by atoms with Crippen LogP contribution in [0.15, 0.2) is 22.9 Å². The molecule has 1 N–H and O–H groups in total. The van der Waals surface area contributed by atoms with Crippen molar-refractivity contribution in [2.45, 2.75) is 25.3 Å². The van der Waals surface area contributed by atoms with Gasteiger partial charge in [0.1, 0.15) is 6.04 Å². The fourth-order valence-corrected chi connectivity index (χ4v) is 4.00. The first-order valence-corrected chi connectivity index (χ1v) is 8.03. The molecule has 1 aliphatic rings. The van der Waals surface area contributed by atoms with Crippen molar-refractivity contribution in [3.8, 4) is 0 Å². The number of carboxylic acids is 1. The van der Waals surface area contributed by atoms with E-state index in [0.29, 0.717) is 15.8 Å². The summed E-state index contributed by atoms with van der Waals surface area (Å²) in [6, 6.07) is 0.883. The van der Waals surface area contributed by atoms with Crippen LogP contribution < -0.4 is 0 Å². The summed E-state index contributed by atoms with van der Waals surface area (Å²) in [6.07, 6.45) is 3.05. The van der Waals surface area contributed by atoms with Gasteiger partial charge in [0.2, 0.25) is 0 Å². The van der Waals surface area contributed by atoms with Gasteiger partial charge in [0, 0.05) is 22.6 Å². The topological polar surface area (TPSA) is 70.5 Å². The molecule has 0 aromatic carbocycles. The minimum Gasteiger partial charge on any atom is -0.480 e. The monoisotopic (exact) mass is 358 g/mol. The predicted octanol–water partition coefficient (Wildman–Crippen LogP) is 2.47. The zero-order chi connectivity index (χ0) is 14.9. The number of pyridine rings is 1. The lowest BCUT2D eigenvalue weighted by Gasteiger charge is -2.29. The molecule has 1 fully saturated rings. The van der Waals surface area contributed by atoms with E-state index >= 15 is 0 Å². The van der Waals surface area contributed by atoms with Gasteiger partial charge in [0.15, 0.2) is 0 Å². The van der Waals surface area contributed by atoms with Gasteiger partial charge in [-0.05, 0) is 27.9 Å². The van der Waals surface area contributed by atoms with E-state index in [4.69, 9.17) is 0 Å². The van der Waals surface area contributed by atoms with Crippen molar-refractivity contribution < 1.29 is 14.7 Å². The Morgan fingerprint density at radius 2 is 2.20 bits per heavy atom. The Morgan fingerprint density at radius 1 is 1.50 bits per heavy atom. The Kier molecular flexibility index (Phi) is 4.70. The summed E-state index contributed by atoms with van der Waals surface area (Å²) in [4.78, 5) is 29.4. The Balaban J connectivity index is 2.34. The van der Waals surface area contributed by atoms with Gasteiger partial charge in [-0.3, -0.25) is 9.78 Å².